The molecule has 0 radical (unpaired) electrons. The molecule has 0 saturated carbocycles. The van der Waals surface area contributed by atoms with E-state index in [9.17, 15) is 4.79 Å². The van der Waals surface area contributed by atoms with Crippen LogP contribution in [0.1, 0.15) is 40.2 Å². The number of carbonyl (C=O) groups excluding carboxylic acids is 1. The number of ketones is 1. The summed E-state index contributed by atoms with van der Waals surface area (Å²) in [6.45, 7) is 7.85. The highest BCUT2D eigenvalue weighted by atomic mass is 32.1. The van der Waals surface area contributed by atoms with Gasteiger partial charge in [-0.2, -0.15) is 0 Å². The molecule has 20 heavy (non-hydrogen) atoms. The van der Waals surface area contributed by atoms with Gasteiger partial charge in [-0.15, -0.1) is 11.3 Å². The summed E-state index contributed by atoms with van der Waals surface area (Å²) in [6, 6.07) is 7.20. The van der Waals surface area contributed by atoms with Crippen molar-refractivity contribution in [2.24, 2.45) is 0 Å². The lowest BCUT2D eigenvalue weighted by molar-refractivity contribution is 0.103. The maximum atomic E-state index is 12.5. The predicted octanol–water partition coefficient (Wildman–Crippen LogP) is 3.97. The molecule has 2 rings (SSSR count). The van der Waals surface area contributed by atoms with Gasteiger partial charge in [0.25, 0.3) is 0 Å². The van der Waals surface area contributed by atoms with Crippen molar-refractivity contribution in [2.75, 3.05) is 5.73 Å². The summed E-state index contributed by atoms with van der Waals surface area (Å²) in [6.07, 6.45) is 0.119. The number of carbonyl (C=O) groups is 1. The Bertz CT molecular complexity index is 627. The standard InChI is InChI=1S/C16H19NO2S/c1-9(2)19-13-7-5-12(6-8-13)15(18)14-10(3)11(4)20-16(14)17/h5-9H,17H2,1-4H3. The molecule has 0 unspecified atom stereocenters. The summed E-state index contributed by atoms with van der Waals surface area (Å²) in [7, 11) is 0. The molecule has 0 aliphatic rings. The van der Waals surface area contributed by atoms with Crippen LogP contribution in [0.2, 0.25) is 0 Å². The van der Waals surface area contributed by atoms with Crippen molar-refractivity contribution in [3.05, 3.63) is 45.8 Å². The van der Waals surface area contributed by atoms with Gasteiger partial charge in [0, 0.05) is 10.4 Å². The Morgan fingerprint density at radius 2 is 1.80 bits per heavy atom. The molecule has 0 fully saturated rings. The second kappa shape index (κ2) is 5.67. The Kier molecular flexibility index (Phi) is 4.14. The molecule has 0 bridgehead atoms. The first-order valence-corrected chi connectivity index (χ1v) is 7.38. The smallest absolute Gasteiger partial charge is 0.196 e. The molecule has 2 N–H and O–H groups in total. The minimum absolute atomic E-state index is 0.0274. The van der Waals surface area contributed by atoms with Crippen molar-refractivity contribution in [1.82, 2.24) is 0 Å². The number of aryl methyl sites for hydroxylation is 1. The molecule has 0 spiro atoms. The molecule has 2 aromatic rings. The van der Waals surface area contributed by atoms with Gasteiger partial charge >= 0.3 is 0 Å². The van der Waals surface area contributed by atoms with Crippen LogP contribution in [0.5, 0.6) is 5.75 Å². The van der Waals surface area contributed by atoms with Gasteiger partial charge in [-0.3, -0.25) is 4.79 Å². The minimum Gasteiger partial charge on any atom is -0.491 e. The van der Waals surface area contributed by atoms with Crippen LogP contribution in [0, 0.1) is 13.8 Å². The van der Waals surface area contributed by atoms with Crippen LogP contribution in [0.4, 0.5) is 5.00 Å². The Hall–Kier alpha value is -1.81. The molecular weight excluding hydrogens is 270 g/mol. The summed E-state index contributed by atoms with van der Waals surface area (Å²) in [4.78, 5) is 13.6. The normalized spacial score (nSPS) is 10.8. The summed E-state index contributed by atoms with van der Waals surface area (Å²) >= 11 is 1.46. The molecule has 4 heteroatoms. The number of hydrogen-bond acceptors (Lipinski definition) is 4. The highest BCUT2D eigenvalue weighted by Crippen LogP contribution is 2.31. The van der Waals surface area contributed by atoms with Crippen LogP contribution in [0.15, 0.2) is 24.3 Å². The van der Waals surface area contributed by atoms with Crippen molar-refractivity contribution < 1.29 is 9.53 Å². The lowest BCUT2D eigenvalue weighted by atomic mass is 10.0. The third-order valence-corrected chi connectivity index (χ3v) is 4.16. The van der Waals surface area contributed by atoms with E-state index in [4.69, 9.17) is 10.5 Å². The fourth-order valence-electron chi connectivity index (χ4n) is 2.04. The van der Waals surface area contributed by atoms with Gasteiger partial charge in [0.15, 0.2) is 5.78 Å². The van der Waals surface area contributed by atoms with Crippen LogP contribution >= 0.6 is 11.3 Å². The van der Waals surface area contributed by atoms with E-state index >= 15 is 0 Å². The third-order valence-electron chi connectivity index (χ3n) is 3.13. The largest absolute Gasteiger partial charge is 0.491 e. The SMILES string of the molecule is Cc1sc(N)c(C(=O)c2ccc(OC(C)C)cc2)c1C. The molecule has 3 nitrogen and oxygen atoms in total. The third kappa shape index (κ3) is 2.85. The Balaban J connectivity index is 2.29. The Labute approximate surface area is 123 Å². The van der Waals surface area contributed by atoms with E-state index in [1.807, 2.05) is 39.8 Å². The number of benzene rings is 1. The number of thiophene rings is 1. The monoisotopic (exact) mass is 289 g/mol. The fourth-order valence-corrected chi connectivity index (χ4v) is 2.97. The van der Waals surface area contributed by atoms with E-state index < -0.39 is 0 Å². The number of nitrogens with two attached hydrogens (primary N) is 1. The molecular formula is C16H19NO2S. The molecule has 1 aromatic carbocycles. The van der Waals surface area contributed by atoms with Gasteiger partial charge in [0.05, 0.1) is 16.7 Å². The number of anilines is 1. The van der Waals surface area contributed by atoms with E-state index in [2.05, 4.69) is 0 Å². The van der Waals surface area contributed by atoms with Crippen LogP contribution < -0.4 is 10.5 Å². The highest BCUT2D eigenvalue weighted by Gasteiger charge is 2.19. The molecule has 0 amide bonds. The Morgan fingerprint density at radius 3 is 2.25 bits per heavy atom. The highest BCUT2D eigenvalue weighted by molar-refractivity contribution is 7.16. The second-order valence-electron chi connectivity index (χ2n) is 5.04. The zero-order valence-electron chi connectivity index (χ0n) is 12.2. The van der Waals surface area contributed by atoms with E-state index in [-0.39, 0.29) is 11.9 Å². The second-order valence-corrected chi connectivity index (χ2v) is 6.30. The summed E-state index contributed by atoms with van der Waals surface area (Å²) in [5.74, 6) is 0.739. The van der Waals surface area contributed by atoms with Crippen LogP contribution in [-0.2, 0) is 0 Å². The molecule has 106 valence electrons. The van der Waals surface area contributed by atoms with Crippen molar-refractivity contribution in [2.45, 2.75) is 33.8 Å². The van der Waals surface area contributed by atoms with Crippen LogP contribution in [0.25, 0.3) is 0 Å². The van der Waals surface area contributed by atoms with Crippen molar-refractivity contribution >= 4 is 22.1 Å². The summed E-state index contributed by atoms with van der Waals surface area (Å²) in [5, 5.41) is 0.590. The number of hydrogen-bond donors (Lipinski definition) is 1. The molecule has 0 atom stereocenters. The zero-order chi connectivity index (χ0) is 14.9. The average molecular weight is 289 g/mol. The van der Waals surface area contributed by atoms with Gasteiger partial charge in [-0.05, 0) is 57.5 Å². The molecule has 0 saturated heterocycles. The van der Waals surface area contributed by atoms with Crippen molar-refractivity contribution in [3.8, 4) is 5.75 Å². The van der Waals surface area contributed by atoms with E-state index in [0.29, 0.717) is 16.1 Å². The van der Waals surface area contributed by atoms with Gasteiger partial charge in [0.1, 0.15) is 5.75 Å². The van der Waals surface area contributed by atoms with Gasteiger partial charge in [-0.1, -0.05) is 0 Å². The maximum Gasteiger partial charge on any atom is 0.196 e. The van der Waals surface area contributed by atoms with E-state index in [0.717, 1.165) is 16.2 Å². The van der Waals surface area contributed by atoms with E-state index in [1.165, 1.54) is 11.3 Å². The molecule has 1 aromatic heterocycles. The minimum atomic E-state index is -0.0274. The summed E-state index contributed by atoms with van der Waals surface area (Å²) in [5.41, 5.74) is 8.18. The lowest BCUT2D eigenvalue weighted by Gasteiger charge is -2.10. The van der Waals surface area contributed by atoms with Gasteiger partial charge in [-0.25, -0.2) is 0 Å². The van der Waals surface area contributed by atoms with Crippen molar-refractivity contribution in [3.63, 3.8) is 0 Å². The number of ether oxygens (including phenoxy) is 1. The van der Waals surface area contributed by atoms with E-state index in [1.54, 1.807) is 12.1 Å². The van der Waals surface area contributed by atoms with Crippen molar-refractivity contribution in [1.29, 1.82) is 0 Å². The first-order valence-electron chi connectivity index (χ1n) is 6.57. The Morgan fingerprint density at radius 1 is 1.20 bits per heavy atom. The molecule has 0 aliphatic carbocycles. The quantitative estimate of drug-likeness (QED) is 0.867. The van der Waals surface area contributed by atoms with Crippen LogP contribution in [-0.4, -0.2) is 11.9 Å². The van der Waals surface area contributed by atoms with Gasteiger partial charge < -0.3 is 10.5 Å². The first-order chi connectivity index (χ1) is 9.40. The molecule has 1 heterocycles. The lowest BCUT2D eigenvalue weighted by Crippen LogP contribution is -2.07. The van der Waals surface area contributed by atoms with Gasteiger partial charge in [0.2, 0.25) is 0 Å². The average Bonchev–Trinajstić information content (AvgIpc) is 2.63. The predicted molar refractivity (Wildman–Crippen MR) is 83.8 cm³/mol. The summed E-state index contributed by atoms with van der Waals surface area (Å²) < 4.78 is 5.57. The topological polar surface area (TPSA) is 52.3 Å². The molecule has 0 aliphatic heterocycles. The first kappa shape index (κ1) is 14.6. The number of rotatable bonds is 4. The zero-order valence-corrected chi connectivity index (χ0v) is 13.0. The van der Waals surface area contributed by atoms with Crippen LogP contribution in [0.3, 0.4) is 0 Å². The maximum absolute atomic E-state index is 12.5. The fraction of sp³-hybridized carbons (Fsp3) is 0.312. The number of nitrogen functional groups attached to an aromatic ring is 1.